The van der Waals surface area contributed by atoms with Crippen molar-refractivity contribution in [3.8, 4) is 23.3 Å². The lowest BCUT2D eigenvalue weighted by Gasteiger charge is -2.39. The van der Waals surface area contributed by atoms with Crippen molar-refractivity contribution in [1.29, 1.82) is 5.26 Å². The highest BCUT2D eigenvalue weighted by atomic mass is 16.5. The molecule has 1 unspecified atom stereocenters. The summed E-state index contributed by atoms with van der Waals surface area (Å²) in [5.41, 5.74) is -0.154. The van der Waals surface area contributed by atoms with Gasteiger partial charge in [0.2, 0.25) is 0 Å². The molecule has 108 valence electrons. The summed E-state index contributed by atoms with van der Waals surface area (Å²) in [6.07, 6.45) is 1.46. The van der Waals surface area contributed by atoms with E-state index >= 15 is 0 Å². The fraction of sp³-hybridized carbons (Fsp3) is 0.533. The van der Waals surface area contributed by atoms with Crippen LogP contribution in [-0.2, 0) is 0 Å². The SMILES string of the molecule is COc1cc(OC)c(C(O)C2(C#N)CCC2)cc1OC. The molecule has 1 aliphatic carbocycles. The van der Waals surface area contributed by atoms with E-state index in [1.165, 1.54) is 21.3 Å². The van der Waals surface area contributed by atoms with Gasteiger partial charge in [0.05, 0.1) is 32.8 Å². The number of ether oxygens (including phenoxy) is 3. The summed E-state index contributed by atoms with van der Waals surface area (Å²) < 4.78 is 15.8. The highest BCUT2D eigenvalue weighted by Gasteiger charge is 2.45. The number of aliphatic hydroxyl groups is 1. The van der Waals surface area contributed by atoms with Crippen molar-refractivity contribution >= 4 is 0 Å². The third-order valence-corrected chi connectivity index (χ3v) is 4.02. The van der Waals surface area contributed by atoms with Gasteiger partial charge in [-0.05, 0) is 18.9 Å². The lowest BCUT2D eigenvalue weighted by Crippen LogP contribution is -2.34. The Morgan fingerprint density at radius 3 is 2.05 bits per heavy atom. The summed E-state index contributed by atoms with van der Waals surface area (Å²) in [4.78, 5) is 0. The zero-order valence-electron chi connectivity index (χ0n) is 12.0. The fourth-order valence-corrected chi connectivity index (χ4v) is 2.57. The molecular weight excluding hydrogens is 258 g/mol. The molecule has 1 atom stereocenters. The summed E-state index contributed by atoms with van der Waals surface area (Å²) in [6, 6.07) is 5.60. The van der Waals surface area contributed by atoms with E-state index in [0.29, 0.717) is 35.7 Å². The van der Waals surface area contributed by atoms with Crippen LogP contribution >= 0.6 is 0 Å². The molecule has 0 saturated heterocycles. The van der Waals surface area contributed by atoms with Gasteiger partial charge in [-0.1, -0.05) is 6.42 Å². The molecule has 1 aliphatic rings. The number of nitrogens with zero attached hydrogens (tertiary/aromatic N) is 1. The van der Waals surface area contributed by atoms with Crippen LogP contribution in [0.4, 0.5) is 0 Å². The van der Waals surface area contributed by atoms with Gasteiger partial charge in [0.15, 0.2) is 11.5 Å². The maximum atomic E-state index is 10.6. The number of nitriles is 1. The Bertz CT molecular complexity index is 531. The lowest BCUT2D eigenvalue weighted by atomic mass is 9.64. The largest absolute Gasteiger partial charge is 0.496 e. The van der Waals surface area contributed by atoms with Crippen molar-refractivity contribution in [2.75, 3.05) is 21.3 Å². The first-order valence-electron chi connectivity index (χ1n) is 6.51. The molecule has 5 heteroatoms. The first-order valence-corrected chi connectivity index (χ1v) is 6.51. The average Bonchev–Trinajstić information content (AvgIpc) is 2.44. The predicted molar refractivity (Wildman–Crippen MR) is 73.0 cm³/mol. The number of rotatable bonds is 5. The van der Waals surface area contributed by atoms with E-state index in [1.54, 1.807) is 12.1 Å². The first kappa shape index (κ1) is 14.5. The van der Waals surface area contributed by atoms with Gasteiger partial charge >= 0.3 is 0 Å². The molecule has 1 fully saturated rings. The highest BCUT2D eigenvalue weighted by molar-refractivity contribution is 5.52. The van der Waals surface area contributed by atoms with Crippen molar-refractivity contribution < 1.29 is 19.3 Å². The Balaban J connectivity index is 2.47. The zero-order chi connectivity index (χ0) is 14.8. The normalized spacial score (nSPS) is 17.6. The Kier molecular flexibility index (Phi) is 4.05. The monoisotopic (exact) mass is 277 g/mol. The Morgan fingerprint density at radius 2 is 1.65 bits per heavy atom. The van der Waals surface area contributed by atoms with Crippen LogP contribution in [0.5, 0.6) is 17.2 Å². The fourth-order valence-electron chi connectivity index (χ4n) is 2.57. The molecule has 0 spiro atoms. The van der Waals surface area contributed by atoms with Crippen molar-refractivity contribution in [2.45, 2.75) is 25.4 Å². The topological polar surface area (TPSA) is 71.7 Å². The number of aliphatic hydroxyl groups excluding tert-OH is 1. The minimum absolute atomic E-state index is 0.497. The van der Waals surface area contributed by atoms with Crippen molar-refractivity contribution in [2.24, 2.45) is 5.41 Å². The standard InChI is InChI=1S/C15H19NO4/c1-18-11-8-13(20-3)12(19-2)7-10(11)14(17)15(9-16)5-4-6-15/h7-8,14,17H,4-6H2,1-3H3. The van der Waals surface area contributed by atoms with Crippen LogP contribution in [0, 0.1) is 16.7 Å². The van der Waals surface area contributed by atoms with Gasteiger partial charge in [-0.3, -0.25) is 0 Å². The quantitative estimate of drug-likeness (QED) is 0.895. The third kappa shape index (κ3) is 2.16. The van der Waals surface area contributed by atoms with E-state index in [2.05, 4.69) is 6.07 Å². The Labute approximate surface area is 118 Å². The third-order valence-electron chi connectivity index (χ3n) is 4.02. The van der Waals surface area contributed by atoms with E-state index in [-0.39, 0.29) is 0 Å². The van der Waals surface area contributed by atoms with Gasteiger partial charge in [-0.25, -0.2) is 0 Å². The summed E-state index contributed by atoms with van der Waals surface area (Å²) >= 11 is 0. The highest BCUT2D eigenvalue weighted by Crippen LogP contribution is 2.52. The predicted octanol–water partition coefficient (Wildman–Crippen LogP) is 2.44. The van der Waals surface area contributed by atoms with E-state index in [1.807, 2.05) is 0 Å². The number of hydrogen-bond donors (Lipinski definition) is 1. The molecule has 5 nitrogen and oxygen atoms in total. The Hall–Kier alpha value is -1.93. The molecule has 0 aliphatic heterocycles. The molecule has 1 aromatic rings. The number of hydrogen-bond acceptors (Lipinski definition) is 5. The van der Waals surface area contributed by atoms with Crippen LogP contribution in [0.1, 0.15) is 30.9 Å². The van der Waals surface area contributed by atoms with Gasteiger partial charge in [0.1, 0.15) is 11.9 Å². The molecule has 1 aromatic carbocycles. The minimum atomic E-state index is -0.893. The van der Waals surface area contributed by atoms with E-state index in [0.717, 1.165) is 6.42 Å². The van der Waals surface area contributed by atoms with Crippen molar-refractivity contribution in [3.63, 3.8) is 0 Å². The Morgan fingerprint density at radius 1 is 1.10 bits per heavy atom. The number of benzene rings is 1. The van der Waals surface area contributed by atoms with E-state index in [4.69, 9.17) is 14.2 Å². The molecule has 0 radical (unpaired) electrons. The molecule has 1 saturated carbocycles. The van der Waals surface area contributed by atoms with Crippen LogP contribution in [0.2, 0.25) is 0 Å². The molecule has 0 bridgehead atoms. The second-order valence-electron chi connectivity index (χ2n) is 4.97. The summed E-state index contributed by atoms with van der Waals surface area (Å²) in [6.45, 7) is 0. The molecule has 20 heavy (non-hydrogen) atoms. The van der Waals surface area contributed by atoms with Crippen LogP contribution in [-0.4, -0.2) is 26.4 Å². The van der Waals surface area contributed by atoms with Crippen LogP contribution in [0.25, 0.3) is 0 Å². The summed E-state index contributed by atoms with van der Waals surface area (Å²) in [5, 5.41) is 19.9. The van der Waals surface area contributed by atoms with Gasteiger partial charge < -0.3 is 19.3 Å². The average molecular weight is 277 g/mol. The molecule has 2 rings (SSSR count). The van der Waals surface area contributed by atoms with Gasteiger partial charge in [-0.15, -0.1) is 0 Å². The maximum Gasteiger partial charge on any atom is 0.164 e. The van der Waals surface area contributed by atoms with E-state index in [9.17, 15) is 10.4 Å². The summed E-state index contributed by atoms with van der Waals surface area (Å²) in [5.74, 6) is 1.53. The smallest absolute Gasteiger partial charge is 0.164 e. The molecular formula is C15H19NO4. The zero-order valence-corrected chi connectivity index (χ0v) is 12.0. The van der Waals surface area contributed by atoms with Crippen molar-refractivity contribution in [1.82, 2.24) is 0 Å². The molecule has 0 heterocycles. The van der Waals surface area contributed by atoms with Gasteiger partial charge in [0, 0.05) is 11.6 Å². The summed E-state index contributed by atoms with van der Waals surface area (Å²) in [7, 11) is 4.59. The van der Waals surface area contributed by atoms with Crippen LogP contribution < -0.4 is 14.2 Å². The lowest BCUT2D eigenvalue weighted by molar-refractivity contribution is 0.00631. The molecule has 0 amide bonds. The second-order valence-corrected chi connectivity index (χ2v) is 4.97. The molecule has 1 N–H and O–H groups in total. The van der Waals surface area contributed by atoms with Crippen LogP contribution in [0.3, 0.4) is 0 Å². The maximum absolute atomic E-state index is 10.6. The van der Waals surface area contributed by atoms with Gasteiger partial charge in [0.25, 0.3) is 0 Å². The van der Waals surface area contributed by atoms with Gasteiger partial charge in [-0.2, -0.15) is 5.26 Å². The molecule has 0 aromatic heterocycles. The van der Waals surface area contributed by atoms with Crippen LogP contribution in [0.15, 0.2) is 12.1 Å². The first-order chi connectivity index (χ1) is 9.61. The van der Waals surface area contributed by atoms with E-state index < -0.39 is 11.5 Å². The van der Waals surface area contributed by atoms with Crippen molar-refractivity contribution in [3.05, 3.63) is 17.7 Å². The minimum Gasteiger partial charge on any atom is -0.496 e. The second kappa shape index (κ2) is 5.59. The number of methoxy groups -OCH3 is 3.